The largest absolute Gasteiger partial charge is 0.338 e. The van der Waals surface area contributed by atoms with Crippen LogP contribution in [0.5, 0.6) is 0 Å². The Morgan fingerprint density at radius 3 is 2.48 bits per heavy atom. The van der Waals surface area contributed by atoms with Crippen LogP contribution in [0.25, 0.3) is 22.2 Å². The van der Waals surface area contributed by atoms with Crippen LogP contribution in [0.3, 0.4) is 0 Å². The van der Waals surface area contributed by atoms with Crippen molar-refractivity contribution in [3.63, 3.8) is 0 Å². The fourth-order valence-corrected chi connectivity index (χ4v) is 6.62. The van der Waals surface area contributed by atoms with Crippen molar-refractivity contribution in [2.75, 3.05) is 36.1 Å². The summed E-state index contributed by atoms with van der Waals surface area (Å²) in [6.45, 7) is 3.95. The lowest BCUT2D eigenvalue weighted by atomic mass is 9.84. The lowest BCUT2D eigenvalue weighted by Gasteiger charge is -2.52. The van der Waals surface area contributed by atoms with Crippen LogP contribution in [-0.4, -0.2) is 75.3 Å². The van der Waals surface area contributed by atoms with E-state index < -0.39 is 0 Å². The molecule has 5 heterocycles. The number of hydrogen-bond donors (Lipinski definition) is 0. The van der Waals surface area contributed by atoms with Gasteiger partial charge in [0, 0.05) is 55.6 Å². The van der Waals surface area contributed by atoms with E-state index in [9.17, 15) is 0 Å². The number of quaternary nitrogens is 1. The molecule has 1 aliphatic carbocycles. The summed E-state index contributed by atoms with van der Waals surface area (Å²) in [5, 5.41) is 3.64. The number of anilines is 2. The Balaban J connectivity index is 1.08. The fraction of sp³-hybridized carbons (Fsp3) is 0.242. The zero-order valence-electron chi connectivity index (χ0n) is 23.3. The van der Waals surface area contributed by atoms with Gasteiger partial charge in [0.2, 0.25) is 18.0 Å². The summed E-state index contributed by atoms with van der Waals surface area (Å²) in [5.41, 5.74) is 5.27. The maximum Gasteiger partial charge on any atom is 0.225 e. The molecule has 2 aromatic heterocycles. The summed E-state index contributed by atoms with van der Waals surface area (Å²) >= 11 is 0. The molecule has 4 aromatic rings. The third-order valence-electron chi connectivity index (χ3n) is 8.92. The van der Waals surface area contributed by atoms with Crippen LogP contribution in [0.2, 0.25) is 0 Å². The van der Waals surface area contributed by atoms with Gasteiger partial charge in [-0.15, -0.1) is 4.59 Å². The molecule has 0 N–H and O–H groups in total. The third kappa shape index (κ3) is 4.29. The van der Waals surface area contributed by atoms with E-state index in [1.54, 1.807) is 0 Å². The lowest BCUT2D eigenvalue weighted by Crippen LogP contribution is -2.66. The number of benzene rings is 2. The second kappa shape index (κ2) is 10.3. The standard InChI is InChI=1S/C33H32N9/c1-2-5-25(6-3-1)31-10-8-26-7-9-27(21-32(26)38-31)41(42-18-13-34-22-30(42)23-35-24-42)29-19-28(20-29)39-14-16-40(17-15-39)33-36-11-4-12-37-33/h1-13,18,21-24,28-29H,14-17,19-20H2/q+1. The van der Waals surface area contributed by atoms with E-state index in [2.05, 4.69) is 95.6 Å². The zero-order chi connectivity index (χ0) is 27.9. The van der Waals surface area contributed by atoms with Crippen molar-refractivity contribution in [1.82, 2.24) is 19.9 Å². The Hall–Kier alpha value is -4.73. The molecule has 1 atom stereocenters. The molecule has 1 saturated carbocycles. The maximum atomic E-state index is 5.09. The molecule has 42 heavy (non-hydrogen) atoms. The van der Waals surface area contributed by atoms with Crippen LogP contribution >= 0.6 is 0 Å². The van der Waals surface area contributed by atoms with Crippen LogP contribution < -0.4 is 9.91 Å². The smallest absolute Gasteiger partial charge is 0.225 e. The summed E-state index contributed by atoms with van der Waals surface area (Å²) < 4.78 is 0.421. The van der Waals surface area contributed by atoms with E-state index in [4.69, 9.17) is 4.98 Å². The highest BCUT2D eigenvalue weighted by Gasteiger charge is 2.50. The molecule has 0 radical (unpaired) electrons. The minimum absolute atomic E-state index is 0.337. The molecule has 2 fully saturated rings. The molecular weight excluding hydrogens is 522 g/mol. The van der Waals surface area contributed by atoms with Crippen LogP contribution in [0, 0.1) is 0 Å². The van der Waals surface area contributed by atoms with Gasteiger partial charge >= 0.3 is 0 Å². The van der Waals surface area contributed by atoms with Crippen LogP contribution in [0.1, 0.15) is 12.8 Å². The molecule has 9 heteroatoms. The third-order valence-corrected chi connectivity index (χ3v) is 8.92. The molecule has 0 bridgehead atoms. The molecule has 0 spiro atoms. The number of rotatable bonds is 6. The minimum atomic E-state index is 0.337. The topological polar surface area (TPSA) is 73.1 Å². The van der Waals surface area contributed by atoms with Gasteiger partial charge in [-0.25, -0.2) is 25.0 Å². The number of nitrogens with zero attached hydrogens (tertiary/aromatic N) is 9. The molecular formula is C33H32N9+. The van der Waals surface area contributed by atoms with Crippen molar-refractivity contribution in [2.24, 2.45) is 9.98 Å². The van der Waals surface area contributed by atoms with Gasteiger partial charge in [0.25, 0.3) is 0 Å². The average molecular weight is 555 g/mol. The molecule has 9 nitrogen and oxygen atoms in total. The Morgan fingerprint density at radius 1 is 0.833 bits per heavy atom. The van der Waals surface area contributed by atoms with Crippen molar-refractivity contribution in [3.8, 4) is 11.3 Å². The Kier molecular flexibility index (Phi) is 6.12. The van der Waals surface area contributed by atoms with Gasteiger partial charge in [-0.05, 0) is 37.1 Å². The summed E-state index contributed by atoms with van der Waals surface area (Å²) in [5.74, 6) is 0.831. The highest BCUT2D eigenvalue weighted by molar-refractivity contribution is 5.86. The van der Waals surface area contributed by atoms with Crippen LogP contribution in [-0.2, 0) is 0 Å². The number of fused-ring (bicyclic) bond motifs is 2. The van der Waals surface area contributed by atoms with Crippen molar-refractivity contribution in [1.29, 1.82) is 0 Å². The van der Waals surface area contributed by atoms with Crippen molar-refractivity contribution >= 4 is 35.1 Å². The normalized spacial score (nSPS) is 24.9. The summed E-state index contributed by atoms with van der Waals surface area (Å²) in [6, 6.07) is 24.1. The first-order valence-electron chi connectivity index (χ1n) is 14.6. The van der Waals surface area contributed by atoms with Crippen molar-refractivity contribution in [3.05, 3.63) is 103 Å². The minimum Gasteiger partial charge on any atom is -0.338 e. The number of allylic oxidation sites excluding steroid dienone is 1. The monoisotopic (exact) mass is 554 g/mol. The molecule has 0 amide bonds. The number of aliphatic imine (C=N–C) groups is 2. The highest BCUT2D eigenvalue weighted by atomic mass is 15.8. The van der Waals surface area contributed by atoms with Gasteiger partial charge in [-0.3, -0.25) is 9.89 Å². The molecule has 3 aliphatic heterocycles. The second-order valence-electron chi connectivity index (χ2n) is 11.3. The predicted molar refractivity (Wildman–Crippen MR) is 167 cm³/mol. The summed E-state index contributed by atoms with van der Waals surface area (Å²) in [7, 11) is 0. The summed E-state index contributed by atoms with van der Waals surface area (Å²) in [6.07, 6.45) is 15.7. The number of piperazine rings is 1. The van der Waals surface area contributed by atoms with Gasteiger partial charge in [0.15, 0.2) is 6.20 Å². The van der Waals surface area contributed by atoms with E-state index in [0.717, 1.165) is 78.5 Å². The Bertz CT molecular complexity index is 1720. The van der Waals surface area contributed by atoms with E-state index in [0.29, 0.717) is 16.7 Å². The lowest BCUT2D eigenvalue weighted by molar-refractivity contribution is -0.746. The van der Waals surface area contributed by atoms with Crippen LogP contribution in [0.15, 0.2) is 113 Å². The molecule has 8 rings (SSSR count). The number of pyridine rings is 1. The van der Waals surface area contributed by atoms with Gasteiger partial charge in [-0.1, -0.05) is 42.5 Å². The first-order chi connectivity index (χ1) is 20.8. The van der Waals surface area contributed by atoms with E-state index in [1.165, 1.54) is 0 Å². The highest BCUT2D eigenvalue weighted by Crippen LogP contribution is 2.41. The molecule has 1 saturated heterocycles. The zero-order valence-corrected chi connectivity index (χ0v) is 23.3. The summed E-state index contributed by atoms with van der Waals surface area (Å²) in [4.78, 5) is 28.0. The molecule has 1 unspecified atom stereocenters. The number of hydrogen-bond acceptors (Lipinski definition) is 8. The predicted octanol–water partition coefficient (Wildman–Crippen LogP) is 5.02. The first-order valence-corrected chi connectivity index (χ1v) is 14.6. The SMILES string of the molecule is C1=C[N+]2(N(c3ccc4ccc(-c5ccccc5)nc4c3)C3CC(N4CCN(c5ncccn5)CC4)C3)C=NC=C2C=N1. The molecule has 4 aliphatic rings. The Morgan fingerprint density at radius 2 is 1.64 bits per heavy atom. The number of aromatic nitrogens is 3. The maximum absolute atomic E-state index is 5.09. The average Bonchev–Trinajstić information content (AvgIpc) is 3.48. The second-order valence-corrected chi connectivity index (χ2v) is 11.3. The van der Waals surface area contributed by atoms with Crippen molar-refractivity contribution in [2.45, 2.75) is 24.9 Å². The van der Waals surface area contributed by atoms with Gasteiger partial charge < -0.3 is 4.90 Å². The van der Waals surface area contributed by atoms with Crippen LogP contribution in [0.4, 0.5) is 11.6 Å². The molecule has 2 aromatic carbocycles. The van der Waals surface area contributed by atoms with Gasteiger partial charge in [-0.2, -0.15) is 0 Å². The van der Waals surface area contributed by atoms with Crippen molar-refractivity contribution < 1.29 is 4.59 Å². The van der Waals surface area contributed by atoms with E-state index in [-0.39, 0.29) is 0 Å². The van der Waals surface area contributed by atoms with E-state index in [1.807, 2.05) is 49.5 Å². The fourth-order valence-electron chi connectivity index (χ4n) is 6.62. The van der Waals surface area contributed by atoms with E-state index >= 15 is 0 Å². The quantitative estimate of drug-likeness (QED) is 0.312. The molecule has 208 valence electrons. The van der Waals surface area contributed by atoms with Gasteiger partial charge in [0.1, 0.15) is 0 Å². The Labute approximate surface area is 245 Å². The first kappa shape index (κ1) is 25.0. The van der Waals surface area contributed by atoms with Gasteiger partial charge in [0.05, 0.1) is 41.6 Å².